The lowest BCUT2D eigenvalue weighted by atomic mass is 9.94. The highest BCUT2D eigenvalue weighted by atomic mass is 16.5. The zero-order valence-corrected chi connectivity index (χ0v) is 13.6. The van der Waals surface area contributed by atoms with Crippen LogP contribution in [0.25, 0.3) is 10.9 Å². The fraction of sp³-hybridized carbons (Fsp3) is 0.412. The van der Waals surface area contributed by atoms with E-state index < -0.39 is 18.0 Å². The van der Waals surface area contributed by atoms with Gasteiger partial charge < -0.3 is 24.4 Å². The van der Waals surface area contributed by atoms with Gasteiger partial charge in [0.05, 0.1) is 13.2 Å². The molecule has 0 saturated carbocycles. The number of amides is 1. The van der Waals surface area contributed by atoms with E-state index in [0.717, 1.165) is 10.9 Å². The van der Waals surface area contributed by atoms with Crippen molar-refractivity contribution in [3.8, 4) is 5.75 Å². The molecule has 3 rings (SSSR count). The second-order valence-electron chi connectivity index (χ2n) is 6.07. The van der Waals surface area contributed by atoms with Crippen molar-refractivity contribution in [3.05, 3.63) is 30.0 Å². The van der Waals surface area contributed by atoms with Crippen molar-refractivity contribution in [2.75, 3.05) is 20.2 Å². The number of carbonyl (C=O) groups is 2. The van der Waals surface area contributed by atoms with Gasteiger partial charge in [-0.1, -0.05) is 0 Å². The molecular weight excluding hydrogens is 312 g/mol. The van der Waals surface area contributed by atoms with E-state index in [1.165, 1.54) is 4.90 Å². The van der Waals surface area contributed by atoms with E-state index in [-0.39, 0.29) is 18.9 Å². The zero-order chi connectivity index (χ0) is 17.4. The van der Waals surface area contributed by atoms with Gasteiger partial charge in [0.2, 0.25) is 0 Å². The van der Waals surface area contributed by atoms with Crippen molar-refractivity contribution in [1.29, 1.82) is 0 Å². The molecule has 128 valence electrons. The van der Waals surface area contributed by atoms with Crippen molar-refractivity contribution < 1.29 is 24.5 Å². The molecular formula is C17H20N2O5. The van der Waals surface area contributed by atoms with Crippen molar-refractivity contribution >= 4 is 22.8 Å². The number of piperidine rings is 1. The number of fused-ring (bicyclic) bond motifs is 1. The first-order chi connectivity index (χ1) is 11.4. The van der Waals surface area contributed by atoms with Gasteiger partial charge in [-0.05, 0) is 30.7 Å². The lowest BCUT2D eigenvalue weighted by Crippen LogP contribution is -2.49. The number of aliphatic carboxylic acids is 1. The number of hydrogen-bond acceptors (Lipinski definition) is 4. The van der Waals surface area contributed by atoms with Crippen LogP contribution < -0.4 is 4.74 Å². The number of ether oxygens (including phenoxy) is 1. The number of carbonyl (C=O) groups excluding carboxylic acids is 1. The highest BCUT2D eigenvalue weighted by Crippen LogP contribution is 2.26. The van der Waals surface area contributed by atoms with Crippen LogP contribution in [0, 0.1) is 5.92 Å². The summed E-state index contributed by atoms with van der Waals surface area (Å²) in [5, 5.41) is 19.9. The first-order valence-corrected chi connectivity index (χ1v) is 7.76. The predicted octanol–water partition coefficient (Wildman–Crippen LogP) is 1.09. The van der Waals surface area contributed by atoms with E-state index >= 15 is 0 Å². The molecule has 2 aromatic rings. The summed E-state index contributed by atoms with van der Waals surface area (Å²) in [5.41, 5.74) is 1.38. The average molecular weight is 332 g/mol. The van der Waals surface area contributed by atoms with Gasteiger partial charge in [-0.2, -0.15) is 0 Å². The van der Waals surface area contributed by atoms with Crippen LogP contribution in [0.3, 0.4) is 0 Å². The summed E-state index contributed by atoms with van der Waals surface area (Å²) in [6.07, 6.45) is -0.649. The Kier molecular flexibility index (Phi) is 4.19. The molecule has 2 N–H and O–H groups in total. The van der Waals surface area contributed by atoms with Gasteiger partial charge in [0, 0.05) is 31.0 Å². The van der Waals surface area contributed by atoms with Crippen LogP contribution >= 0.6 is 0 Å². The molecule has 0 aliphatic carbocycles. The van der Waals surface area contributed by atoms with Gasteiger partial charge in [-0.15, -0.1) is 0 Å². The Morgan fingerprint density at radius 2 is 2.04 bits per heavy atom. The molecule has 1 saturated heterocycles. The molecule has 1 fully saturated rings. The zero-order valence-electron chi connectivity index (χ0n) is 13.6. The molecule has 7 nitrogen and oxygen atoms in total. The topological polar surface area (TPSA) is 92.0 Å². The lowest BCUT2D eigenvalue weighted by molar-refractivity contribution is -0.148. The van der Waals surface area contributed by atoms with E-state index in [2.05, 4.69) is 0 Å². The van der Waals surface area contributed by atoms with Crippen molar-refractivity contribution in [3.63, 3.8) is 0 Å². The van der Waals surface area contributed by atoms with E-state index in [4.69, 9.17) is 4.74 Å². The molecule has 2 atom stereocenters. The third-order valence-electron chi connectivity index (χ3n) is 4.65. The van der Waals surface area contributed by atoms with Gasteiger partial charge in [0.25, 0.3) is 5.91 Å². The fourth-order valence-corrected chi connectivity index (χ4v) is 3.19. The Bertz CT molecular complexity index is 798. The second-order valence-corrected chi connectivity index (χ2v) is 6.07. The standard InChI is InChI=1S/C17H20N2O5/c1-18-13-4-3-11(24-2)7-10(13)8-14(18)16(21)19-6-5-15(20)12(9-19)17(22)23/h3-4,7-8,12,15,20H,5-6,9H2,1-2H3,(H,22,23)/t12-,15+/m1/s1. The normalized spacial score (nSPS) is 21.0. The minimum absolute atomic E-state index is 0.0141. The molecule has 1 aliphatic heterocycles. The maximum absolute atomic E-state index is 12.8. The summed E-state index contributed by atoms with van der Waals surface area (Å²) in [7, 11) is 3.39. The summed E-state index contributed by atoms with van der Waals surface area (Å²) in [4.78, 5) is 25.5. The van der Waals surface area contributed by atoms with Crippen LogP contribution in [-0.4, -0.2) is 57.9 Å². The van der Waals surface area contributed by atoms with Crippen LogP contribution in [0.15, 0.2) is 24.3 Å². The summed E-state index contributed by atoms with van der Waals surface area (Å²) >= 11 is 0. The molecule has 24 heavy (non-hydrogen) atoms. The third kappa shape index (κ3) is 2.71. The number of methoxy groups -OCH3 is 1. The molecule has 7 heteroatoms. The Hall–Kier alpha value is -2.54. The Morgan fingerprint density at radius 3 is 2.71 bits per heavy atom. The number of rotatable bonds is 3. The fourth-order valence-electron chi connectivity index (χ4n) is 3.19. The van der Waals surface area contributed by atoms with Crippen molar-refractivity contribution in [1.82, 2.24) is 9.47 Å². The Labute approximate surface area is 139 Å². The Morgan fingerprint density at radius 1 is 1.29 bits per heavy atom. The number of aliphatic hydroxyl groups excluding tert-OH is 1. The second kappa shape index (κ2) is 6.16. The number of aryl methyl sites for hydroxylation is 1. The van der Waals surface area contributed by atoms with Crippen LogP contribution in [-0.2, 0) is 11.8 Å². The van der Waals surface area contributed by atoms with Gasteiger partial charge in [0.15, 0.2) is 0 Å². The largest absolute Gasteiger partial charge is 0.497 e. The molecule has 1 amide bonds. The number of hydrogen-bond donors (Lipinski definition) is 2. The quantitative estimate of drug-likeness (QED) is 0.878. The number of carboxylic acid groups (broad SMARTS) is 1. The maximum atomic E-state index is 12.8. The van der Waals surface area contributed by atoms with Crippen molar-refractivity contribution in [2.45, 2.75) is 12.5 Å². The van der Waals surface area contributed by atoms with Gasteiger partial charge >= 0.3 is 5.97 Å². The number of aliphatic hydroxyl groups is 1. The molecule has 1 aromatic carbocycles. The highest BCUT2D eigenvalue weighted by molar-refractivity contribution is 5.99. The number of aromatic nitrogens is 1. The SMILES string of the molecule is COc1ccc2c(c1)cc(C(=O)N1CC[C@H](O)[C@H](C(=O)O)C1)n2C. The molecule has 0 bridgehead atoms. The van der Waals surface area contributed by atoms with Crippen LogP contribution in [0.5, 0.6) is 5.75 Å². The molecule has 2 heterocycles. The van der Waals surface area contributed by atoms with Gasteiger partial charge in [0.1, 0.15) is 17.4 Å². The van der Waals surface area contributed by atoms with Crippen LogP contribution in [0.1, 0.15) is 16.9 Å². The Balaban J connectivity index is 1.91. The number of benzene rings is 1. The molecule has 1 aromatic heterocycles. The minimum atomic E-state index is -1.08. The molecule has 1 aliphatic rings. The van der Waals surface area contributed by atoms with E-state index in [9.17, 15) is 19.8 Å². The summed E-state index contributed by atoms with van der Waals surface area (Å²) in [6, 6.07) is 7.34. The molecule has 0 unspecified atom stereocenters. The van der Waals surface area contributed by atoms with Crippen molar-refractivity contribution in [2.24, 2.45) is 13.0 Å². The number of nitrogens with zero attached hydrogens (tertiary/aromatic N) is 2. The lowest BCUT2D eigenvalue weighted by Gasteiger charge is -2.34. The number of carboxylic acids is 1. The van der Waals surface area contributed by atoms with Gasteiger partial charge in [-0.3, -0.25) is 9.59 Å². The molecule has 0 radical (unpaired) electrons. The van der Waals surface area contributed by atoms with Crippen LogP contribution in [0.2, 0.25) is 0 Å². The molecule has 0 spiro atoms. The summed E-state index contributed by atoms with van der Waals surface area (Å²) in [6.45, 7) is 0.356. The monoisotopic (exact) mass is 332 g/mol. The van der Waals surface area contributed by atoms with Gasteiger partial charge in [-0.25, -0.2) is 0 Å². The minimum Gasteiger partial charge on any atom is -0.497 e. The van der Waals surface area contributed by atoms with E-state index in [1.807, 2.05) is 18.2 Å². The first kappa shape index (κ1) is 16.3. The van der Waals surface area contributed by atoms with E-state index in [0.29, 0.717) is 18.0 Å². The third-order valence-corrected chi connectivity index (χ3v) is 4.65. The first-order valence-electron chi connectivity index (χ1n) is 7.76. The smallest absolute Gasteiger partial charge is 0.310 e. The highest BCUT2D eigenvalue weighted by Gasteiger charge is 2.35. The average Bonchev–Trinajstić information content (AvgIpc) is 2.90. The summed E-state index contributed by atoms with van der Waals surface area (Å²) < 4.78 is 6.99. The number of likely N-dealkylation sites (tertiary alicyclic amines) is 1. The summed E-state index contributed by atoms with van der Waals surface area (Å²) in [5.74, 6) is -1.55. The van der Waals surface area contributed by atoms with E-state index in [1.54, 1.807) is 24.8 Å². The maximum Gasteiger partial charge on any atom is 0.310 e. The predicted molar refractivity (Wildman–Crippen MR) is 87.1 cm³/mol. The van der Waals surface area contributed by atoms with Crippen LogP contribution in [0.4, 0.5) is 0 Å².